The van der Waals surface area contributed by atoms with Gasteiger partial charge in [0, 0.05) is 0 Å². The second-order valence-corrected chi connectivity index (χ2v) is 6.42. The minimum Gasteiger partial charge on any atom is -0.368 e. The van der Waals surface area contributed by atoms with Crippen LogP contribution in [0.3, 0.4) is 0 Å². The van der Waals surface area contributed by atoms with Crippen molar-refractivity contribution >= 4 is 11.8 Å². The highest BCUT2D eigenvalue weighted by atomic mass is 16.2. The maximum atomic E-state index is 12.8. The molecule has 3 N–H and O–H groups in total. The first-order chi connectivity index (χ1) is 10.4. The molecule has 0 radical (unpaired) electrons. The van der Waals surface area contributed by atoms with Gasteiger partial charge in [-0.1, -0.05) is 42.7 Å². The third-order valence-electron chi connectivity index (χ3n) is 4.45. The van der Waals surface area contributed by atoms with Gasteiger partial charge in [-0.25, -0.2) is 0 Å². The van der Waals surface area contributed by atoms with Crippen molar-refractivity contribution in [1.82, 2.24) is 10.2 Å². The molecular weight excluding hydrogens is 278 g/mol. The van der Waals surface area contributed by atoms with E-state index < -0.39 is 17.5 Å². The molecule has 0 heterocycles. The molecule has 1 aromatic rings. The summed E-state index contributed by atoms with van der Waals surface area (Å²) < 4.78 is 0. The Labute approximate surface area is 131 Å². The average molecular weight is 303 g/mol. The van der Waals surface area contributed by atoms with E-state index in [2.05, 4.69) is 5.32 Å². The van der Waals surface area contributed by atoms with E-state index in [-0.39, 0.29) is 5.91 Å². The average Bonchev–Trinajstić information content (AvgIpc) is 2.90. The van der Waals surface area contributed by atoms with E-state index in [0.29, 0.717) is 12.8 Å². The Morgan fingerprint density at radius 3 is 2.18 bits per heavy atom. The lowest BCUT2D eigenvalue weighted by atomic mass is 9.95. The van der Waals surface area contributed by atoms with Gasteiger partial charge >= 0.3 is 0 Å². The molecule has 0 unspecified atom stereocenters. The first kappa shape index (κ1) is 16.5. The number of carbonyl (C=O) groups excluding carboxylic acids is 2. The standard InChI is InChI=1S/C17H25N3O2/c1-12-6-8-13(9-7-12)14(20(2)3)15(21)19-17(16(18)22)10-4-5-11-17/h6-9,14H,4-5,10-11H2,1-3H3,(H2,18,22)(H,19,21)/t14-/m1/s1. The smallest absolute Gasteiger partial charge is 0.243 e. The minimum atomic E-state index is -0.879. The van der Waals surface area contributed by atoms with Crippen LogP contribution in [0.2, 0.25) is 0 Å². The van der Waals surface area contributed by atoms with Crippen LogP contribution >= 0.6 is 0 Å². The lowest BCUT2D eigenvalue weighted by molar-refractivity contribution is -0.134. The van der Waals surface area contributed by atoms with Crippen LogP contribution in [-0.4, -0.2) is 36.3 Å². The predicted molar refractivity (Wildman–Crippen MR) is 86.1 cm³/mol. The van der Waals surface area contributed by atoms with Gasteiger partial charge in [0.15, 0.2) is 0 Å². The molecule has 0 spiro atoms. The van der Waals surface area contributed by atoms with Crippen molar-refractivity contribution in [3.63, 3.8) is 0 Å². The first-order valence-corrected chi connectivity index (χ1v) is 7.71. The Balaban J connectivity index is 2.23. The number of aryl methyl sites for hydroxylation is 1. The zero-order chi connectivity index (χ0) is 16.3. The molecule has 1 aromatic carbocycles. The van der Waals surface area contributed by atoms with E-state index in [1.165, 1.54) is 0 Å². The molecule has 1 fully saturated rings. The Bertz CT molecular complexity index is 546. The Kier molecular flexibility index (Phi) is 4.86. The molecule has 1 saturated carbocycles. The summed E-state index contributed by atoms with van der Waals surface area (Å²) in [6.07, 6.45) is 3.09. The van der Waals surface area contributed by atoms with Crippen molar-refractivity contribution in [3.8, 4) is 0 Å². The van der Waals surface area contributed by atoms with Gasteiger partial charge in [0.1, 0.15) is 11.6 Å². The fraction of sp³-hybridized carbons (Fsp3) is 0.529. The van der Waals surface area contributed by atoms with Crippen molar-refractivity contribution in [2.75, 3.05) is 14.1 Å². The lowest BCUT2D eigenvalue weighted by Gasteiger charge is -2.31. The van der Waals surface area contributed by atoms with Crippen LogP contribution in [0.4, 0.5) is 0 Å². The first-order valence-electron chi connectivity index (χ1n) is 7.71. The number of rotatable bonds is 5. The van der Waals surface area contributed by atoms with Crippen molar-refractivity contribution in [2.45, 2.75) is 44.2 Å². The van der Waals surface area contributed by atoms with E-state index in [9.17, 15) is 9.59 Å². The predicted octanol–water partition coefficient (Wildman–Crippen LogP) is 1.51. The van der Waals surface area contributed by atoms with Gasteiger partial charge in [-0.05, 0) is 39.4 Å². The van der Waals surface area contributed by atoms with Gasteiger partial charge in [-0.2, -0.15) is 0 Å². The highest BCUT2D eigenvalue weighted by Crippen LogP contribution is 2.30. The number of carbonyl (C=O) groups is 2. The molecule has 1 aliphatic rings. The minimum absolute atomic E-state index is 0.172. The molecule has 0 aromatic heterocycles. The van der Waals surface area contributed by atoms with Crippen LogP contribution in [0, 0.1) is 6.92 Å². The van der Waals surface area contributed by atoms with E-state index >= 15 is 0 Å². The quantitative estimate of drug-likeness (QED) is 0.866. The van der Waals surface area contributed by atoms with Crippen molar-refractivity contribution in [2.24, 2.45) is 5.73 Å². The summed E-state index contributed by atoms with van der Waals surface area (Å²) in [6, 6.07) is 7.44. The summed E-state index contributed by atoms with van der Waals surface area (Å²) >= 11 is 0. The Morgan fingerprint density at radius 1 is 1.18 bits per heavy atom. The van der Waals surface area contributed by atoms with Crippen LogP contribution in [0.5, 0.6) is 0 Å². The molecule has 0 bridgehead atoms. The summed E-state index contributed by atoms with van der Waals surface area (Å²) in [4.78, 5) is 26.5. The van der Waals surface area contributed by atoms with E-state index in [4.69, 9.17) is 5.73 Å². The summed E-state index contributed by atoms with van der Waals surface area (Å²) in [6.45, 7) is 2.01. The highest BCUT2D eigenvalue weighted by Gasteiger charge is 2.42. The molecule has 0 saturated heterocycles. The second-order valence-electron chi connectivity index (χ2n) is 6.42. The summed E-state index contributed by atoms with van der Waals surface area (Å²) in [5.41, 5.74) is 6.72. The molecule has 5 nitrogen and oxygen atoms in total. The van der Waals surface area contributed by atoms with E-state index in [1.807, 2.05) is 50.2 Å². The zero-order valence-electron chi connectivity index (χ0n) is 13.6. The molecule has 1 atom stereocenters. The van der Waals surface area contributed by atoms with Crippen LogP contribution in [-0.2, 0) is 9.59 Å². The Hall–Kier alpha value is -1.88. The van der Waals surface area contributed by atoms with Crippen molar-refractivity contribution in [3.05, 3.63) is 35.4 Å². The molecule has 120 valence electrons. The van der Waals surface area contributed by atoms with Crippen molar-refractivity contribution in [1.29, 1.82) is 0 Å². The van der Waals surface area contributed by atoms with Crippen LogP contribution in [0.15, 0.2) is 24.3 Å². The Morgan fingerprint density at radius 2 is 1.73 bits per heavy atom. The SMILES string of the molecule is Cc1ccc([C@H](C(=O)NC2(C(N)=O)CCCC2)N(C)C)cc1. The van der Waals surface area contributed by atoms with Gasteiger partial charge < -0.3 is 11.1 Å². The fourth-order valence-electron chi connectivity index (χ4n) is 3.15. The second kappa shape index (κ2) is 6.48. The van der Waals surface area contributed by atoms with Gasteiger partial charge in [0.25, 0.3) is 0 Å². The largest absolute Gasteiger partial charge is 0.368 e. The van der Waals surface area contributed by atoms with Crippen LogP contribution in [0.25, 0.3) is 0 Å². The van der Waals surface area contributed by atoms with Crippen LogP contribution in [0.1, 0.15) is 42.9 Å². The van der Waals surface area contributed by atoms with E-state index in [0.717, 1.165) is 24.0 Å². The topological polar surface area (TPSA) is 75.4 Å². The normalized spacial score (nSPS) is 18.2. The molecular formula is C17H25N3O2. The number of primary amides is 1. The van der Waals surface area contributed by atoms with Gasteiger partial charge in [-0.15, -0.1) is 0 Å². The van der Waals surface area contributed by atoms with Gasteiger partial charge in [0.2, 0.25) is 11.8 Å². The number of likely N-dealkylation sites (N-methyl/N-ethyl adjacent to an activating group) is 1. The summed E-state index contributed by atoms with van der Waals surface area (Å²) in [5.74, 6) is -0.602. The summed E-state index contributed by atoms with van der Waals surface area (Å²) in [7, 11) is 3.71. The number of benzene rings is 1. The molecule has 0 aliphatic heterocycles. The maximum Gasteiger partial charge on any atom is 0.243 e. The monoisotopic (exact) mass is 303 g/mol. The maximum absolute atomic E-state index is 12.8. The molecule has 2 rings (SSSR count). The summed E-state index contributed by atoms with van der Waals surface area (Å²) in [5, 5.41) is 2.93. The number of nitrogens with zero attached hydrogens (tertiary/aromatic N) is 1. The number of hydrogen-bond acceptors (Lipinski definition) is 3. The number of nitrogens with two attached hydrogens (primary N) is 1. The third-order valence-corrected chi connectivity index (χ3v) is 4.45. The van der Waals surface area contributed by atoms with Crippen LogP contribution < -0.4 is 11.1 Å². The van der Waals surface area contributed by atoms with Gasteiger partial charge in [0.05, 0.1) is 0 Å². The highest BCUT2D eigenvalue weighted by molar-refractivity contribution is 5.92. The molecule has 2 amide bonds. The zero-order valence-corrected chi connectivity index (χ0v) is 13.6. The van der Waals surface area contributed by atoms with Crippen molar-refractivity contribution < 1.29 is 9.59 Å². The molecule has 5 heteroatoms. The molecule has 22 heavy (non-hydrogen) atoms. The fourth-order valence-corrected chi connectivity index (χ4v) is 3.15. The third kappa shape index (κ3) is 3.30. The number of nitrogens with one attached hydrogen (secondary N) is 1. The van der Waals surface area contributed by atoms with Gasteiger partial charge in [-0.3, -0.25) is 14.5 Å². The number of amides is 2. The van der Waals surface area contributed by atoms with E-state index in [1.54, 1.807) is 0 Å². The number of hydrogen-bond donors (Lipinski definition) is 2. The lowest BCUT2D eigenvalue weighted by Crippen LogP contribution is -2.57. The molecule has 1 aliphatic carbocycles.